The number of hydrogen-bond donors (Lipinski definition) is 0. The van der Waals surface area contributed by atoms with E-state index in [1.807, 2.05) is 0 Å². The summed E-state index contributed by atoms with van der Waals surface area (Å²) >= 11 is 10.7. The first kappa shape index (κ1) is 10.6. The van der Waals surface area contributed by atoms with Gasteiger partial charge in [-0.15, -0.1) is 5.92 Å². The summed E-state index contributed by atoms with van der Waals surface area (Å²) in [6, 6.07) is 2.07. The Hall–Kier alpha value is -0.370. The van der Waals surface area contributed by atoms with Gasteiger partial charge in [0.2, 0.25) is 0 Å². The number of nitrogens with zero attached hydrogens (tertiary/aromatic N) is 1. The van der Waals surface area contributed by atoms with Crippen LogP contribution in [0, 0.1) is 23.2 Å². The van der Waals surface area contributed by atoms with Crippen molar-refractivity contribution in [1.29, 1.82) is 5.26 Å². The molecule has 0 amide bonds. The van der Waals surface area contributed by atoms with Crippen LogP contribution in [-0.2, 0) is 0 Å². The molecule has 60 valence electrons. The van der Waals surface area contributed by atoms with Crippen LogP contribution >= 0.6 is 23.2 Å². The van der Waals surface area contributed by atoms with E-state index in [-0.39, 0.29) is 0 Å². The molecule has 0 aromatic rings. The standard InChI is InChI=1S/C8H9Cl2N/c9-8(10)6-4-2-1-3-5-7-11/h8H,1-3,5H2. The van der Waals surface area contributed by atoms with Gasteiger partial charge in [-0.2, -0.15) is 5.26 Å². The summed E-state index contributed by atoms with van der Waals surface area (Å²) in [5.41, 5.74) is 0. The van der Waals surface area contributed by atoms with Crippen LogP contribution in [0.2, 0.25) is 0 Å². The van der Waals surface area contributed by atoms with Crippen molar-refractivity contribution in [3.05, 3.63) is 0 Å². The monoisotopic (exact) mass is 189 g/mol. The predicted octanol–water partition coefficient (Wildman–Crippen LogP) is 2.88. The zero-order valence-electron chi connectivity index (χ0n) is 6.11. The molecule has 0 aliphatic carbocycles. The van der Waals surface area contributed by atoms with E-state index in [2.05, 4.69) is 17.9 Å². The van der Waals surface area contributed by atoms with Crippen LogP contribution < -0.4 is 0 Å². The SMILES string of the molecule is N#CCCCCC#CC(Cl)Cl. The van der Waals surface area contributed by atoms with Gasteiger partial charge in [0.25, 0.3) is 0 Å². The Labute approximate surface area is 77.3 Å². The molecular weight excluding hydrogens is 181 g/mol. The summed E-state index contributed by atoms with van der Waals surface area (Å²) in [7, 11) is 0. The molecule has 1 nitrogen and oxygen atoms in total. The highest BCUT2D eigenvalue weighted by Crippen LogP contribution is 2.00. The minimum atomic E-state index is -0.578. The molecule has 0 N–H and O–H groups in total. The molecule has 0 aromatic heterocycles. The Balaban J connectivity index is 3.17. The third kappa shape index (κ3) is 9.63. The quantitative estimate of drug-likeness (QED) is 0.381. The van der Waals surface area contributed by atoms with E-state index in [0.717, 1.165) is 19.3 Å². The lowest BCUT2D eigenvalue weighted by Crippen LogP contribution is -1.77. The van der Waals surface area contributed by atoms with E-state index < -0.39 is 4.84 Å². The smallest absolute Gasteiger partial charge is 0.167 e. The Kier molecular flexibility index (Phi) is 7.47. The fourth-order valence-electron chi connectivity index (χ4n) is 0.567. The predicted molar refractivity (Wildman–Crippen MR) is 47.4 cm³/mol. The second kappa shape index (κ2) is 7.73. The molecule has 11 heavy (non-hydrogen) atoms. The third-order valence-electron chi connectivity index (χ3n) is 1.05. The number of halogens is 2. The van der Waals surface area contributed by atoms with E-state index in [0.29, 0.717) is 6.42 Å². The average Bonchev–Trinajstić information content (AvgIpc) is 1.96. The van der Waals surface area contributed by atoms with Crippen molar-refractivity contribution in [2.45, 2.75) is 30.5 Å². The first-order valence-corrected chi connectivity index (χ1v) is 4.28. The lowest BCUT2D eigenvalue weighted by molar-refractivity contribution is 0.778. The summed E-state index contributed by atoms with van der Waals surface area (Å²) < 4.78 is 0. The maximum Gasteiger partial charge on any atom is 0.167 e. The summed E-state index contributed by atoms with van der Waals surface area (Å²) in [4.78, 5) is -0.578. The summed E-state index contributed by atoms with van der Waals surface area (Å²) in [6.45, 7) is 0. The van der Waals surface area contributed by atoms with Crippen LogP contribution in [-0.4, -0.2) is 4.84 Å². The van der Waals surface area contributed by atoms with Crippen molar-refractivity contribution in [2.75, 3.05) is 0 Å². The largest absolute Gasteiger partial charge is 0.198 e. The van der Waals surface area contributed by atoms with Gasteiger partial charge in [-0.05, 0) is 12.8 Å². The van der Waals surface area contributed by atoms with Crippen LogP contribution in [0.3, 0.4) is 0 Å². The zero-order chi connectivity index (χ0) is 8.53. The highest BCUT2D eigenvalue weighted by atomic mass is 35.5. The Bertz CT molecular complexity index is 182. The van der Waals surface area contributed by atoms with Gasteiger partial charge < -0.3 is 0 Å². The topological polar surface area (TPSA) is 23.8 Å². The molecule has 0 spiro atoms. The molecule has 0 unspecified atom stereocenters. The highest BCUT2D eigenvalue weighted by Gasteiger charge is 1.87. The molecule has 0 aliphatic heterocycles. The van der Waals surface area contributed by atoms with Gasteiger partial charge in [-0.1, -0.05) is 29.1 Å². The maximum absolute atomic E-state index is 8.18. The molecule has 3 heteroatoms. The van der Waals surface area contributed by atoms with E-state index >= 15 is 0 Å². The van der Waals surface area contributed by atoms with E-state index in [1.54, 1.807) is 0 Å². The van der Waals surface area contributed by atoms with Gasteiger partial charge in [0.05, 0.1) is 6.07 Å². The fourth-order valence-corrected chi connectivity index (χ4v) is 0.721. The number of alkyl halides is 2. The maximum atomic E-state index is 8.18. The van der Waals surface area contributed by atoms with E-state index in [4.69, 9.17) is 28.5 Å². The van der Waals surface area contributed by atoms with Gasteiger partial charge in [0.15, 0.2) is 4.84 Å². The summed E-state index contributed by atoms with van der Waals surface area (Å²) in [5.74, 6) is 5.44. The van der Waals surface area contributed by atoms with Crippen molar-refractivity contribution < 1.29 is 0 Å². The van der Waals surface area contributed by atoms with Gasteiger partial charge in [-0.25, -0.2) is 0 Å². The van der Waals surface area contributed by atoms with Gasteiger partial charge in [0.1, 0.15) is 0 Å². The van der Waals surface area contributed by atoms with E-state index in [1.165, 1.54) is 0 Å². The van der Waals surface area contributed by atoms with Crippen LogP contribution in [0.25, 0.3) is 0 Å². The fraction of sp³-hybridized carbons (Fsp3) is 0.625. The number of nitriles is 1. The highest BCUT2D eigenvalue weighted by molar-refractivity contribution is 6.46. The molecule has 0 saturated heterocycles. The van der Waals surface area contributed by atoms with Crippen molar-refractivity contribution in [1.82, 2.24) is 0 Å². The van der Waals surface area contributed by atoms with Crippen LogP contribution in [0.15, 0.2) is 0 Å². The lowest BCUT2D eigenvalue weighted by atomic mass is 10.2. The Morgan fingerprint density at radius 3 is 2.36 bits per heavy atom. The molecular formula is C8H9Cl2N. The molecule has 0 fully saturated rings. The van der Waals surface area contributed by atoms with Crippen molar-refractivity contribution in [3.63, 3.8) is 0 Å². The normalized spacial score (nSPS) is 8.55. The molecule has 0 rings (SSSR count). The second-order valence-corrected chi connectivity index (χ2v) is 3.08. The minimum absolute atomic E-state index is 0.578. The molecule has 0 aromatic carbocycles. The second-order valence-electron chi connectivity index (χ2n) is 1.99. The third-order valence-corrected chi connectivity index (χ3v) is 1.27. The van der Waals surface area contributed by atoms with Crippen molar-refractivity contribution >= 4 is 23.2 Å². The zero-order valence-corrected chi connectivity index (χ0v) is 7.62. The minimum Gasteiger partial charge on any atom is -0.198 e. The van der Waals surface area contributed by atoms with Gasteiger partial charge in [0, 0.05) is 12.8 Å². The van der Waals surface area contributed by atoms with Crippen molar-refractivity contribution in [3.8, 4) is 17.9 Å². The molecule has 0 aliphatic rings. The molecule has 0 radical (unpaired) electrons. The summed E-state index contributed by atoms with van der Waals surface area (Å²) in [5, 5.41) is 8.18. The molecule has 0 saturated carbocycles. The van der Waals surface area contributed by atoms with Gasteiger partial charge >= 0.3 is 0 Å². The molecule has 0 bridgehead atoms. The first-order chi connectivity index (χ1) is 5.27. The molecule has 0 atom stereocenters. The Morgan fingerprint density at radius 2 is 1.82 bits per heavy atom. The van der Waals surface area contributed by atoms with Crippen LogP contribution in [0.5, 0.6) is 0 Å². The van der Waals surface area contributed by atoms with Crippen molar-refractivity contribution in [2.24, 2.45) is 0 Å². The lowest BCUT2D eigenvalue weighted by Gasteiger charge is -1.87. The number of unbranched alkanes of at least 4 members (excludes halogenated alkanes) is 3. The average molecular weight is 190 g/mol. The van der Waals surface area contributed by atoms with Crippen LogP contribution in [0.4, 0.5) is 0 Å². The summed E-state index contributed by atoms with van der Waals surface area (Å²) in [6.07, 6.45) is 3.23. The van der Waals surface area contributed by atoms with E-state index in [9.17, 15) is 0 Å². The number of rotatable bonds is 3. The number of hydrogen-bond acceptors (Lipinski definition) is 1. The Morgan fingerprint density at radius 1 is 1.18 bits per heavy atom. The van der Waals surface area contributed by atoms with Crippen LogP contribution in [0.1, 0.15) is 25.7 Å². The van der Waals surface area contributed by atoms with Gasteiger partial charge in [-0.3, -0.25) is 0 Å². The molecule has 0 heterocycles. The first-order valence-electron chi connectivity index (χ1n) is 3.41.